The minimum absolute atomic E-state index is 0.0339. The number of benzene rings is 2. The van der Waals surface area contributed by atoms with E-state index in [0.717, 1.165) is 24.1 Å². The Morgan fingerprint density at radius 3 is 2.59 bits per heavy atom. The van der Waals surface area contributed by atoms with Crippen molar-refractivity contribution >= 4 is 23.6 Å². The number of rotatable bonds is 6. The number of carboxylic acids is 1. The number of hydrogen-bond acceptors (Lipinski definition) is 5. The monoisotopic (exact) mass is 420 g/mol. The first-order chi connectivity index (χ1) is 13.8. The lowest BCUT2D eigenvalue weighted by molar-refractivity contribution is -0.137. The number of methoxy groups -OCH3 is 1. The Labute approximate surface area is 168 Å². The summed E-state index contributed by atoms with van der Waals surface area (Å²) in [4.78, 5) is 15.6. The van der Waals surface area contributed by atoms with E-state index in [1.54, 1.807) is 24.5 Å². The number of nitrogens with zero attached hydrogens (tertiary/aromatic N) is 1. The standard InChI is InChI=1S/C20H15F3N2O3S/c1-28-17-7-4-12(19(26)27)9-18(17)29-25-16-10-14(20(21,22)23)5-6-15(16)13-3-2-8-24-11-13/h2-11,25H,1H3,(H,26,27). The number of carbonyl (C=O) groups is 1. The maximum Gasteiger partial charge on any atom is 0.416 e. The van der Waals surface area contributed by atoms with Gasteiger partial charge >= 0.3 is 12.1 Å². The number of nitrogens with one attached hydrogen (secondary N) is 1. The number of aromatic nitrogens is 1. The van der Waals surface area contributed by atoms with Crippen molar-refractivity contribution in [2.24, 2.45) is 0 Å². The molecule has 0 fully saturated rings. The van der Waals surface area contributed by atoms with E-state index in [1.807, 2.05) is 0 Å². The Morgan fingerprint density at radius 1 is 1.17 bits per heavy atom. The number of ether oxygens (including phenoxy) is 1. The zero-order chi connectivity index (χ0) is 21.0. The average molecular weight is 420 g/mol. The van der Waals surface area contributed by atoms with Crippen LogP contribution < -0.4 is 9.46 Å². The number of carboxylic acid groups (broad SMARTS) is 1. The fourth-order valence-corrected chi connectivity index (χ4v) is 3.40. The maximum atomic E-state index is 13.2. The Hall–Kier alpha value is -3.20. The maximum absolute atomic E-state index is 13.2. The van der Waals surface area contributed by atoms with Crippen LogP contribution in [0.25, 0.3) is 11.1 Å². The van der Waals surface area contributed by atoms with Crippen molar-refractivity contribution in [3.8, 4) is 16.9 Å². The molecule has 0 radical (unpaired) electrons. The quantitative estimate of drug-likeness (QED) is 0.507. The fourth-order valence-electron chi connectivity index (χ4n) is 2.58. The van der Waals surface area contributed by atoms with Crippen molar-refractivity contribution in [2.45, 2.75) is 11.1 Å². The number of halogens is 3. The van der Waals surface area contributed by atoms with Gasteiger partial charge in [-0.3, -0.25) is 4.98 Å². The van der Waals surface area contributed by atoms with Gasteiger partial charge in [0.2, 0.25) is 0 Å². The van der Waals surface area contributed by atoms with Crippen molar-refractivity contribution in [3.05, 3.63) is 72.1 Å². The molecule has 29 heavy (non-hydrogen) atoms. The third kappa shape index (κ3) is 4.80. The van der Waals surface area contributed by atoms with E-state index in [4.69, 9.17) is 4.74 Å². The molecule has 3 aromatic rings. The van der Waals surface area contributed by atoms with Gasteiger partial charge in [0.25, 0.3) is 0 Å². The predicted octanol–water partition coefficient (Wildman–Crippen LogP) is 5.59. The molecule has 0 aliphatic rings. The van der Waals surface area contributed by atoms with Crippen LogP contribution >= 0.6 is 11.9 Å². The van der Waals surface area contributed by atoms with Crippen molar-refractivity contribution in [3.63, 3.8) is 0 Å². The summed E-state index contributed by atoms with van der Waals surface area (Å²) in [6, 6.07) is 11.1. The second kappa shape index (κ2) is 8.44. The first-order valence-corrected chi connectivity index (χ1v) is 9.07. The van der Waals surface area contributed by atoms with Gasteiger partial charge in [0, 0.05) is 23.5 Å². The molecule has 150 valence electrons. The Morgan fingerprint density at radius 2 is 1.97 bits per heavy atom. The highest BCUT2D eigenvalue weighted by molar-refractivity contribution is 8.00. The van der Waals surface area contributed by atoms with E-state index < -0.39 is 17.7 Å². The van der Waals surface area contributed by atoms with Crippen molar-refractivity contribution < 1.29 is 27.8 Å². The normalized spacial score (nSPS) is 11.2. The van der Waals surface area contributed by atoms with Crippen LogP contribution in [0.15, 0.2) is 65.8 Å². The molecule has 0 unspecified atom stereocenters. The van der Waals surface area contributed by atoms with E-state index >= 15 is 0 Å². The fraction of sp³-hybridized carbons (Fsp3) is 0.100. The highest BCUT2D eigenvalue weighted by Crippen LogP contribution is 2.38. The van der Waals surface area contributed by atoms with E-state index in [0.29, 0.717) is 21.8 Å². The topological polar surface area (TPSA) is 71.5 Å². The van der Waals surface area contributed by atoms with E-state index in [-0.39, 0.29) is 11.3 Å². The van der Waals surface area contributed by atoms with Crippen molar-refractivity contribution in [1.82, 2.24) is 4.98 Å². The van der Waals surface area contributed by atoms with Gasteiger partial charge in [-0.05, 0) is 48.3 Å². The molecule has 2 N–H and O–H groups in total. The summed E-state index contributed by atoms with van der Waals surface area (Å²) < 4.78 is 47.7. The summed E-state index contributed by atoms with van der Waals surface area (Å²) in [5.41, 5.74) is 0.592. The molecule has 0 atom stereocenters. The Kier molecular flexibility index (Phi) is 5.97. The molecular weight excluding hydrogens is 405 g/mol. The molecule has 2 aromatic carbocycles. The first kappa shape index (κ1) is 20.5. The molecule has 0 aliphatic heterocycles. The Bertz CT molecular complexity index is 1030. The number of alkyl halides is 3. The number of hydrogen-bond donors (Lipinski definition) is 2. The van der Waals surface area contributed by atoms with Crippen molar-refractivity contribution in [2.75, 3.05) is 11.8 Å². The van der Waals surface area contributed by atoms with Crippen LogP contribution in [0.1, 0.15) is 15.9 Å². The molecule has 0 saturated heterocycles. The van der Waals surface area contributed by atoms with E-state index in [1.165, 1.54) is 31.4 Å². The van der Waals surface area contributed by atoms with Gasteiger partial charge in [0.05, 0.1) is 28.8 Å². The minimum Gasteiger partial charge on any atom is -0.496 e. The summed E-state index contributed by atoms with van der Waals surface area (Å²) in [5, 5.41) is 9.17. The molecule has 9 heteroatoms. The van der Waals surface area contributed by atoms with Crippen LogP contribution in [0, 0.1) is 0 Å². The SMILES string of the molecule is COc1ccc(C(=O)O)cc1SNc1cc(C(F)(F)F)ccc1-c1cccnc1. The molecule has 3 rings (SSSR count). The van der Waals surface area contributed by atoms with Gasteiger partial charge in [-0.15, -0.1) is 0 Å². The van der Waals surface area contributed by atoms with Crippen LogP contribution in [0.3, 0.4) is 0 Å². The second-order valence-electron chi connectivity index (χ2n) is 5.87. The van der Waals surface area contributed by atoms with Crippen LogP contribution in [0.4, 0.5) is 18.9 Å². The summed E-state index contributed by atoms with van der Waals surface area (Å²) in [7, 11) is 1.42. The molecule has 1 heterocycles. The van der Waals surface area contributed by atoms with Crippen molar-refractivity contribution in [1.29, 1.82) is 0 Å². The third-order valence-electron chi connectivity index (χ3n) is 4.00. The zero-order valence-electron chi connectivity index (χ0n) is 15.0. The first-order valence-electron chi connectivity index (χ1n) is 8.25. The van der Waals surface area contributed by atoms with Crippen LogP contribution in [0.5, 0.6) is 5.75 Å². The average Bonchev–Trinajstić information content (AvgIpc) is 2.71. The van der Waals surface area contributed by atoms with Gasteiger partial charge in [0.15, 0.2) is 0 Å². The largest absolute Gasteiger partial charge is 0.496 e. The van der Waals surface area contributed by atoms with Gasteiger partial charge in [-0.1, -0.05) is 12.1 Å². The highest BCUT2D eigenvalue weighted by Gasteiger charge is 2.31. The predicted molar refractivity (Wildman–Crippen MR) is 104 cm³/mol. The molecule has 5 nitrogen and oxygen atoms in total. The lowest BCUT2D eigenvalue weighted by Gasteiger charge is -2.16. The zero-order valence-corrected chi connectivity index (χ0v) is 15.8. The second-order valence-corrected chi connectivity index (χ2v) is 6.72. The number of anilines is 1. The molecule has 0 bridgehead atoms. The number of aromatic carboxylic acids is 1. The number of pyridine rings is 1. The van der Waals surface area contributed by atoms with Gasteiger partial charge < -0.3 is 14.6 Å². The van der Waals surface area contributed by atoms with Gasteiger partial charge in [-0.25, -0.2) is 4.79 Å². The smallest absolute Gasteiger partial charge is 0.416 e. The highest BCUT2D eigenvalue weighted by atomic mass is 32.2. The summed E-state index contributed by atoms with van der Waals surface area (Å²) in [6.07, 6.45) is -1.39. The van der Waals surface area contributed by atoms with Gasteiger partial charge in [0.1, 0.15) is 5.75 Å². The van der Waals surface area contributed by atoms with E-state index in [2.05, 4.69) is 9.71 Å². The summed E-state index contributed by atoms with van der Waals surface area (Å²) in [6.45, 7) is 0. The van der Waals surface area contributed by atoms with E-state index in [9.17, 15) is 23.1 Å². The lowest BCUT2D eigenvalue weighted by atomic mass is 10.0. The minimum atomic E-state index is -4.50. The molecule has 0 spiro atoms. The summed E-state index contributed by atoms with van der Waals surface area (Å²) in [5.74, 6) is -0.730. The molecule has 1 aromatic heterocycles. The lowest BCUT2D eigenvalue weighted by Crippen LogP contribution is -2.06. The molecule has 0 amide bonds. The Balaban J connectivity index is 1.99. The molecular formula is C20H15F3N2O3S. The summed E-state index contributed by atoms with van der Waals surface area (Å²) >= 11 is 0.958. The van der Waals surface area contributed by atoms with Crippen LogP contribution in [-0.4, -0.2) is 23.2 Å². The molecule has 0 aliphatic carbocycles. The third-order valence-corrected chi connectivity index (χ3v) is 4.86. The van der Waals surface area contributed by atoms with Crippen LogP contribution in [-0.2, 0) is 6.18 Å². The van der Waals surface area contributed by atoms with Crippen LogP contribution in [0.2, 0.25) is 0 Å². The van der Waals surface area contributed by atoms with Gasteiger partial charge in [-0.2, -0.15) is 13.2 Å². The molecule has 0 saturated carbocycles.